The molecular formula is C10H16O3S. The van der Waals surface area contributed by atoms with E-state index >= 15 is 0 Å². The number of aliphatic hydroxyl groups is 1. The lowest BCUT2D eigenvalue weighted by atomic mass is 10.1. The molecule has 0 spiro atoms. The van der Waals surface area contributed by atoms with Gasteiger partial charge in [-0.2, -0.15) is 0 Å². The maximum atomic E-state index is 11.1. The molecule has 0 saturated heterocycles. The van der Waals surface area contributed by atoms with Crippen molar-refractivity contribution in [2.75, 3.05) is 18.1 Å². The van der Waals surface area contributed by atoms with Crippen molar-refractivity contribution in [1.29, 1.82) is 0 Å². The summed E-state index contributed by atoms with van der Waals surface area (Å²) in [6.07, 6.45) is 5.35. The maximum Gasteiger partial charge on any atom is 0.157 e. The van der Waals surface area contributed by atoms with Gasteiger partial charge in [0.05, 0.1) is 18.1 Å². The summed E-state index contributed by atoms with van der Waals surface area (Å²) in [5, 5.41) is 8.73. The molecule has 0 aromatic carbocycles. The van der Waals surface area contributed by atoms with E-state index in [1.165, 1.54) is 0 Å². The van der Waals surface area contributed by atoms with Gasteiger partial charge in [-0.05, 0) is 19.8 Å². The third kappa shape index (κ3) is 3.64. The molecule has 1 rings (SSSR count). The molecule has 14 heavy (non-hydrogen) atoms. The van der Waals surface area contributed by atoms with Gasteiger partial charge >= 0.3 is 0 Å². The predicted octanol–water partition coefficient (Wildman–Crippen LogP) is 1.06. The summed E-state index contributed by atoms with van der Waals surface area (Å²) in [6, 6.07) is 0. The topological polar surface area (TPSA) is 54.4 Å². The van der Waals surface area contributed by atoms with E-state index in [-0.39, 0.29) is 18.1 Å². The van der Waals surface area contributed by atoms with Gasteiger partial charge in [0.1, 0.15) is 0 Å². The molecule has 4 heteroatoms. The van der Waals surface area contributed by atoms with E-state index in [1.54, 1.807) is 6.08 Å². The van der Waals surface area contributed by atoms with Crippen LogP contribution in [0.25, 0.3) is 0 Å². The van der Waals surface area contributed by atoms with E-state index < -0.39 is 9.84 Å². The van der Waals surface area contributed by atoms with Crippen molar-refractivity contribution in [2.24, 2.45) is 0 Å². The molecule has 3 nitrogen and oxygen atoms in total. The van der Waals surface area contributed by atoms with Crippen LogP contribution in [-0.4, -0.2) is 31.6 Å². The van der Waals surface area contributed by atoms with Crippen molar-refractivity contribution in [3.8, 4) is 0 Å². The second-order valence-corrected chi connectivity index (χ2v) is 5.77. The molecule has 0 fully saturated rings. The van der Waals surface area contributed by atoms with E-state index in [0.29, 0.717) is 0 Å². The van der Waals surface area contributed by atoms with Crippen molar-refractivity contribution in [3.63, 3.8) is 0 Å². The zero-order valence-corrected chi connectivity index (χ0v) is 9.18. The standard InChI is InChI=1S/C10H16O3S/c1-9(7-11)3-2-4-10-5-6-14(12,13)8-10/h3,5,11H,2,4,6-8H2,1H3/b9-3+. The molecule has 0 radical (unpaired) electrons. The Hall–Kier alpha value is -0.610. The Morgan fingerprint density at radius 1 is 1.64 bits per heavy atom. The molecule has 0 amide bonds. The minimum absolute atomic E-state index is 0.0807. The zero-order valence-electron chi connectivity index (χ0n) is 8.36. The van der Waals surface area contributed by atoms with Crippen LogP contribution in [0.1, 0.15) is 19.8 Å². The highest BCUT2D eigenvalue weighted by Crippen LogP contribution is 2.16. The van der Waals surface area contributed by atoms with Gasteiger partial charge in [-0.15, -0.1) is 0 Å². The van der Waals surface area contributed by atoms with Gasteiger partial charge in [-0.3, -0.25) is 0 Å². The van der Waals surface area contributed by atoms with Crippen LogP contribution < -0.4 is 0 Å². The molecular weight excluding hydrogens is 200 g/mol. The molecule has 1 N–H and O–H groups in total. The highest BCUT2D eigenvalue weighted by atomic mass is 32.2. The molecule has 1 aliphatic rings. The van der Waals surface area contributed by atoms with Crippen molar-refractivity contribution in [1.82, 2.24) is 0 Å². The van der Waals surface area contributed by atoms with Gasteiger partial charge in [0.15, 0.2) is 9.84 Å². The first kappa shape index (κ1) is 11.5. The summed E-state index contributed by atoms with van der Waals surface area (Å²) in [4.78, 5) is 0. The molecule has 0 aromatic rings. The highest BCUT2D eigenvalue weighted by molar-refractivity contribution is 7.92. The van der Waals surface area contributed by atoms with Crippen LogP contribution in [0.3, 0.4) is 0 Å². The monoisotopic (exact) mass is 216 g/mol. The third-order valence-corrected chi connectivity index (χ3v) is 3.72. The average molecular weight is 216 g/mol. The molecule has 0 unspecified atom stereocenters. The van der Waals surface area contributed by atoms with E-state index in [4.69, 9.17) is 5.11 Å². The molecule has 0 aromatic heterocycles. The van der Waals surface area contributed by atoms with Gasteiger partial charge in [-0.25, -0.2) is 8.42 Å². The van der Waals surface area contributed by atoms with Crippen LogP contribution in [-0.2, 0) is 9.84 Å². The summed E-state index contributed by atoms with van der Waals surface area (Å²) in [6.45, 7) is 1.94. The Bertz CT molecular complexity index is 350. The number of hydrogen-bond donors (Lipinski definition) is 1. The van der Waals surface area contributed by atoms with Crippen molar-refractivity contribution < 1.29 is 13.5 Å². The van der Waals surface area contributed by atoms with E-state index in [0.717, 1.165) is 24.0 Å². The number of aliphatic hydroxyl groups excluding tert-OH is 1. The van der Waals surface area contributed by atoms with Gasteiger partial charge < -0.3 is 5.11 Å². The normalized spacial score (nSPS) is 21.0. The average Bonchev–Trinajstić information content (AvgIpc) is 2.45. The van der Waals surface area contributed by atoms with Crippen LogP contribution in [0.15, 0.2) is 23.3 Å². The zero-order chi connectivity index (χ0) is 10.6. The number of hydrogen-bond acceptors (Lipinski definition) is 3. The number of allylic oxidation sites excluding steroid dienone is 1. The largest absolute Gasteiger partial charge is 0.392 e. The van der Waals surface area contributed by atoms with E-state index in [1.807, 2.05) is 13.0 Å². The Morgan fingerprint density at radius 3 is 2.86 bits per heavy atom. The maximum absolute atomic E-state index is 11.1. The fraction of sp³-hybridized carbons (Fsp3) is 0.600. The lowest BCUT2D eigenvalue weighted by Crippen LogP contribution is -2.02. The van der Waals surface area contributed by atoms with Crippen LogP contribution >= 0.6 is 0 Å². The van der Waals surface area contributed by atoms with Crippen molar-refractivity contribution in [3.05, 3.63) is 23.3 Å². The van der Waals surface area contributed by atoms with E-state index in [2.05, 4.69) is 0 Å². The summed E-state index contributed by atoms with van der Waals surface area (Å²) in [5.74, 6) is 0.421. The second-order valence-electron chi connectivity index (χ2n) is 3.66. The first-order chi connectivity index (χ1) is 6.53. The molecule has 0 atom stereocenters. The minimum atomic E-state index is -2.81. The number of rotatable bonds is 4. The summed E-state index contributed by atoms with van der Waals surface area (Å²) in [7, 11) is -2.81. The molecule has 0 aliphatic carbocycles. The lowest BCUT2D eigenvalue weighted by molar-refractivity contribution is 0.331. The Morgan fingerprint density at radius 2 is 2.36 bits per heavy atom. The third-order valence-electron chi connectivity index (χ3n) is 2.24. The van der Waals surface area contributed by atoms with Gasteiger partial charge in [-0.1, -0.05) is 23.3 Å². The van der Waals surface area contributed by atoms with Crippen LogP contribution in [0, 0.1) is 0 Å². The summed E-state index contributed by atoms with van der Waals surface area (Å²) in [5.41, 5.74) is 1.94. The fourth-order valence-electron chi connectivity index (χ4n) is 1.39. The fourth-order valence-corrected chi connectivity index (χ4v) is 2.82. The minimum Gasteiger partial charge on any atom is -0.392 e. The Balaban J connectivity index is 2.35. The second kappa shape index (κ2) is 4.75. The Labute approximate surface area is 85.1 Å². The van der Waals surface area contributed by atoms with Gasteiger partial charge in [0.2, 0.25) is 0 Å². The predicted molar refractivity (Wildman–Crippen MR) is 56.8 cm³/mol. The van der Waals surface area contributed by atoms with E-state index in [9.17, 15) is 8.42 Å². The molecule has 0 bridgehead atoms. The van der Waals surface area contributed by atoms with Crippen molar-refractivity contribution >= 4 is 9.84 Å². The molecule has 80 valence electrons. The lowest BCUT2D eigenvalue weighted by Gasteiger charge is -1.98. The molecule has 1 heterocycles. The quantitative estimate of drug-likeness (QED) is 0.715. The van der Waals surface area contributed by atoms with Crippen molar-refractivity contribution in [2.45, 2.75) is 19.8 Å². The SMILES string of the molecule is C/C(=C\CCC1=CCS(=O)(=O)C1)CO. The molecule has 0 saturated carbocycles. The van der Waals surface area contributed by atoms with Gasteiger partial charge in [0.25, 0.3) is 0 Å². The first-order valence-electron chi connectivity index (χ1n) is 4.68. The molecule has 1 aliphatic heterocycles. The number of sulfone groups is 1. The Kier molecular flexibility index (Phi) is 3.89. The van der Waals surface area contributed by atoms with Crippen LogP contribution in [0.5, 0.6) is 0 Å². The summed E-state index contributed by atoms with van der Waals surface area (Å²) < 4.78 is 22.2. The first-order valence-corrected chi connectivity index (χ1v) is 6.50. The highest BCUT2D eigenvalue weighted by Gasteiger charge is 2.18. The smallest absolute Gasteiger partial charge is 0.157 e. The van der Waals surface area contributed by atoms with Crippen LogP contribution in [0.4, 0.5) is 0 Å². The van der Waals surface area contributed by atoms with Gasteiger partial charge in [0, 0.05) is 0 Å². The summed E-state index contributed by atoms with van der Waals surface area (Å²) >= 11 is 0. The van der Waals surface area contributed by atoms with Crippen LogP contribution in [0.2, 0.25) is 0 Å².